The van der Waals surface area contributed by atoms with Crippen molar-refractivity contribution in [3.8, 4) is 5.75 Å². The van der Waals surface area contributed by atoms with E-state index in [4.69, 9.17) is 12.2 Å². The van der Waals surface area contributed by atoms with Crippen molar-refractivity contribution in [2.24, 2.45) is 0 Å². The van der Waals surface area contributed by atoms with Gasteiger partial charge >= 0.3 is 0 Å². The summed E-state index contributed by atoms with van der Waals surface area (Å²) in [6.07, 6.45) is 1.83. The third-order valence-corrected chi connectivity index (χ3v) is 5.53. The van der Waals surface area contributed by atoms with Crippen LogP contribution in [0.1, 0.15) is 16.7 Å². The Labute approximate surface area is 163 Å². The van der Waals surface area contributed by atoms with Crippen molar-refractivity contribution < 1.29 is 9.90 Å². The predicted molar refractivity (Wildman–Crippen MR) is 114 cm³/mol. The lowest BCUT2D eigenvalue weighted by Crippen LogP contribution is -2.27. The minimum atomic E-state index is -0.124. The molecule has 1 saturated heterocycles. The Kier molecular flexibility index (Phi) is 5.07. The number of benzene rings is 2. The number of aryl methyl sites for hydroxylation is 2. The van der Waals surface area contributed by atoms with Gasteiger partial charge in [0.05, 0.1) is 10.6 Å². The number of anilines is 2. The maximum absolute atomic E-state index is 12.9. The Bertz CT molecular complexity index is 895. The van der Waals surface area contributed by atoms with Gasteiger partial charge in [0.15, 0.2) is 4.32 Å². The number of carbonyl (C=O) groups excluding carboxylic acids is 1. The molecular weight excluding hydrogens is 364 g/mol. The summed E-state index contributed by atoms with van der Waals surface area (Å²) in [4.78, 5) is 17.0. The standard InChI is InChI=1S/C20H20N2O2S2/c1-12-9-14(10-13(2)18(12)23)11-17-19(24)22(20(25)26-17)16-7-5-15(6-8-16)21(3)4/h5-11,23H,1-4H3/b17-11+. The molecule has 0 atom stereocenters. The van der Waals surface area contributed by atoms with Gasteiger partial charge in [0.1, 0.15) is 5.75 Å². The highest BCUT2D eigenvalue weighted by Crippen LogP contribution is 2.37. The second kappa shape index (κ2) is 7.13. The first-order chi connectivity index (χ1) is 12.3. The van der Waals surface area contributed by atoms with Crippen LogP contribution >= 0.6 is 24.0 Å². The number of aromatic hydroxyl groups is 1. The van der Waals surface area contributed by atoms with E-state index in [0.29, 0.717) is 9.23 Å². The van der Waals surface area contributed by atoms with E-state index in [1.165, 1.54) is 11.8 Å². The first kappa shape index (κ1) is 18.5. The molecule has 26 heavy (non-hydrogen) atoms. The van der Waals surface area contributed by atoms with Crippen molar-refractivity contribution in [1.82, 2.24) is 0 Å². The van der Waals surface area contributed by atoms with E-state index in [9.17, 15) is 9.90 Å². The summed E-state index contributed by atoms with van der Waals surface area (Å²) in [5.74, 6) is 0.164. The minimum Gasteiger partial charge on any atom is -0.507 e. The van der Waals surface area contributed by atoms with E-state index in [1.807, 2.05) is 75.3 Å². The van der Waals surface area contributed by atoms with Crippen LogP contribution in [0.3, 0.4) is 0 Å². The number of thiocarbonyl (C=S) groups is 1. The molecule has 0 saturated carbocycles. The maximum Gasteiger partial charge on any atom is 0.270 e. The van der Waals surface area contributed by atoms with E-state index in [2.05, 4.69) is 0 Å². The zero-order valence-electron chi connectivity index (χ0n) is 15.1. The number of carbonyl (C=O) groups is 1. The SMILES string of the molecule is Cc1cc(/C=C2/SC(=S)N(c3ccc(N(C)C)cc3)C2=O)cc(C)c1O. The molecule has 0 spiro atoms. The van der Waals surface area contributed by atoms with Crippen LogP contribution < -0.4 is 9.80 Å². The molecule has 1 aliphatic heterocycles. The summed E-state index contributed by atoms with van der Waals surface area (Å²) in [5.41, 5.74) is 4.27. The highest BCUT2D eigenvalue weighted by atomic mass is 32.2. The molecule has 1 heterocycles. The van der Waals surface area contributed by atoms with E-state index in [-0.39, 0.29) is 11.7 Å². The van der Waals surface area contributed by atoms with Gasteiger partial charge in [0.2, 0.25) is 0 Å². The molecule has 3 rings (SSSR count). The van der Waals surface area contributed by atoms with Crippen molar-refractivity contribution in [3.05, 3.63) is 58.0 Å². The molecule has 1 fully saturated rings. The highest BCUT2D eigenvalue weighted by Gasteiger charge is 2.33. The molecule has 2 aromatic carbocycles. The van der Waals surface area contributed by atoms with Crippen LogP contribution in [0, 0.1) is 13.8 Å². The molecule has 6 heteroatoms. The third kappa shape index (κ3) is 3.48. The number of phenolic OH excluding ortho intramolecular Hbond substituents is 1. The summed E-state index contributed by atoms with van der Waals surface area (Å²) < 4.78 is 0.520. The van der Waals surface area contributed by atoms with Gasteiger partial charge in [0, 0.05) is 19.8 Å². The van der Waals surface area contributed by atoms with E-state index < -0.39 is 0 Å². The fourth-order valence-electron chi connectivity index (χ4n) is 2.81. The fraction of sp³-hybridized carbons (Fsp3) is 0.200. The van der Waals surface area contributed by atoms with Gasteiger partial charge in [-0.25, -0.2) is 0 Å². The molecule has 1 N–H and O–H groups in total. The van der Waals surface area contributed by atoms with Crippen molar-refractivity contribution >= 4 is 51.7 Å². The largest absolute Gasteiger partial charge is 0.507 e. The lowest BCUT2D eigenvalue weighted by Gasteiger charge is -2.17. The summed E-state index contributed by atoms with van der Waals surface area (Å²) in [7, 11) is 3.94. The lowest BCUT2D eigenvalue weighted by molar-refractivity contribution is -0.113. The summed E-state index contributed by atoms with van der Waals surface area (Å²) in [6, 6.07) is 11.5. The van der Waals surface area contributed by atoms with Gasteiger partial charge in [-0.2, -0.15) is 0 Å². The monoisotopic (exact) mass is 384 g/mol. The Balaban J connectivity index is 1.91. The molecule has 0 aliphatic carbocycles. The number of thioether (sulfide) groups is 1. The van der Waals surface area contributed by atoms with Crippen molar-refractivity contribution in [2.75, 3.05) is 23.9 Å². The average Bonchev–Trinajstić information content (AvgIpc) is 2.86. The molecule has 4 nitrogen and oxygen atoms in total. The number of rotatable bonds is 3. The summed E-state index contributed by atoms with van der Waals surface area (Å²) in [5, 5.41) is 9.91. The average molecular weight is 385 g/mol. The van der Waals surface area contributed by atoms with Crippen LogP contribution in [0.2, 0.25) is 0 Å². The van der Waals surface area contributed by atoms with Crippen LogP contribution in [-0.2, 0) is 4.79 Å². The lowest BCUT2D eigenvalue weighted by atomic mass is 10.1. The van der Waals surface area contributed by atoms with Gasteiger partial charge in [-0.05, 0) is 73.0 Å². The Hall–Kier alpha value is -2.31. The topological polar surface area (TPSA) is 43.8 Å². The maximum atomic E-state index is 12.9. The van der Waals surface area contributed by atoms with Crippen LogP contribution in [-0.4, -0.2) is 29.4 Å². The first-order valence-corrected chi connectivity index (χ1v) is 9.36. The molecule has 1 aliphatic rings. The number of nitrogens with zero attached hydrogens (tertiary/aromatic N) is 2. The second-order valence-corrected chi connectivity index (χ2v) is 8.11. The first-order valence-electron chi connectivity index (χ1n) is 8.13. The molecular formula is C20H20N2O2S2. The fourth-order valence-corrected chi connectivity index (χ4v) is 4.11. The molecule has 0 unspecified atom stereocenters. The van der Waals surface area contributed by atoms with Gasteiger partial charge in [0.25, 0.3) is 5.91 Å². The molecule has 2 aromatic rings. The Morgan fingerprint density at radius 2 is 1.69 bits per heavy atom. The smallest absolute Gasteiger partial charge is 0.270 e. The molecule has 0 radical (unpaired) electrons. The van der Waals surface area contributed by atoms with E-state index in [1.54, 1.807) is 4.90 Å². The molecule has 1 amide bonds. The quantitative estimate of drug-likeness (QED) is 0.624. The van der Waals surface area contributed by atoms with Crippen LogP contribution in [0.5, 0.6) is 5.75 Å². The van der Waals surface area contributed by atoms with Gasteiger partial charge < -0.3 is 10.0 Å². The van der Waals surface area contributed by atoms with Crippen molar-refractivity contribution in [2.45, 2.75) is 13.8 Å². The number of hydrogen-bond donors (Lipinski definition) is 1. The Morgan fingerprint density at radius 1 is 1.12 bits per heavy atom. The van der Waals surface area contributed by atoms with Gasteiger partial charge in [-0.3, -0.25) is 9.69 Å². The molecule has 134 valence electrons. The van der Waals surface area contributed by atoms with E-state index in [0.717, 1.165) is 28.1 Å². The number of amides is 1. The summed E-state index contributed by atoms with van der Waals surface area (Å²) >= 11 is 6.72. The third-order valence-electron chi connectivity index (χ3n) is 4.23. The molecule has 0 aromatic heterocycles. The predicted octanol–water partition coefficient (Wildman–Crippen LogP) is 4.48. The van der Waals surface area contributed by atoms with Crippen molar-refractivity contribution in [1.29, 1.82) is 0 Å². The number of hydrogen-bond acceptors (Lipinski definition) is 5. The van der Waals surface area contributed by atoms with Gasteiger partial charge in [-0.1, -0.05) is 24.0 Å². The Morgan fingerprint density at radius 3 is 2.23 bits per heavy atom. The minimum absolute atomic E-state index is 0.124. The van der Waals surface area contributed by atoms with Crippen LogP contribution in [0.15, 0.2) is 41.3 Å². The molecule has 0 bridgehead atoms. The highest BCUT2D eigenvalue weighted by molar-refractivity contribution is 8.27. The summed E-state index contributed by atoms with van der Waals surface area (Å²) in [6.45, 7) is 3.69. The van der Waals surface area contributed by atoms with Gasteiger partial charge in [-0.15, -0.1) is 0 Å². The van der Waals surface area contributed by atoms with Crippen LogP contribution in [0.25, 0.3) is 6.08 Å². The normalized spacial score (nSPS) is 15.8. The second-order valence-electron chi connectivity index (χ2n) is 6.43. The number of phenols is 1. The van der Waals surface area contributed by atoms with Crippen LogP contribution in [0.4, 0.5) is 11.4 Å². The van der Waals surface area contributed by atoms with Crippen molar-refractivity contribution in [3.63, 3.8) is 0 Å². The zero-order chi connectivity index (χ0) is 19.0. The zero-order valence-corrected chi connectivity index (χ0v) is 16.7. The van der Waals surface area contributed by atoms with E-state index >= 15 is 0 Å².